The van der Waals surface area contributed by atoms with Gasteiger partial charge in [0.25, 0.3) is 0 Å². The van der Waals surface area contributed by atoms with E-state index in [-0.39, 0.29) is 0 Å². The quantitative estimate of drug-likeness (QED) is 0.602. The highest BCUT2D eigenvalue weighted by molar-refractivity contribution is 7.09. The molecule has 0 aromatic carbocycles. The number of hydrogen-bond donors (Lipinski definition) is 2. The number of rotatable bonds is 6. The van der Waals surface area contributed by atoms with Gasteiger partial charge in [-0.15, -0.1) is 11.3 Å². The highest BCUT2D eigenvalue weighted by Crippen LogP contribution is 2.13. The Labute approximate surface area is 159 Å². The molecule has 0 amide bonds. The lowest BCUT2D eigenvalue weighted by Gasteiger charge is -2.32. The first-order valence-corrected chi connectivity index (χ1v) is 10.2. The maximum Gasteiger partial charge on any atom is 0.191 e. The van der Waals surface area contributed by atoms with Crippen LogP contribution in [0.25, 0.3) is 0 Å². The van der Waals surface area contributed by atoms with Crippen LogP contribution in [0.15, 0.2) is 34.8 Å². The Hall–Kier alpha value is -1.99. The summed E-state index contributed by atoms with van der Waals surface area (Å²) < 4.78 is 0. The molecule has 6 nitrogen and oxygen atoms in total. The molecule has 0 bridgehead atoms. The molecule has 26 heavy (non-hydrogen) atoms. The lowest BCUT2D eigenvalue weighted by Crippen LogP contribution is -2.48. The standard InChI is InChI=1S/C19H28N6S/c1-3-18-23-17(14-26-18)12-22-19(20-2)24-15-7-10-25(11-8-15)13-16-6-4-5-9-21-16/h4-6,9,14-15H,3,7-8,10-13H2,1-2H3,(H2,20,22,24). The molecule has 7 heteroatoms. The molecule has 2 aromatic heterocycles. The highest BCUT2D eigenvalue weighted by Gasteiger charge is 2.20. The number of aliphatic imine (C=N–C) groups is 1. The molecule has 3 heterocycles. The molecule has 1 fully saturated rings. The van der Waals surface area contributed by atoms with Gasteiger partial charge in [-0.2, -0.15) is 0 Å². The first-order valence-electron chi connectivity index (χ1n) is 9.29. The van der Waals surface area contributed by atoms with Gasteiger partial charge in [0.15, 0.2) is 5.96 Å². The number of likely N-dealkylation sites (tertiary alicyclic amines) is 1. The third-order valence-electron chi connectivity index (χ3n) is 4.60. The van der Waals surface area contributed by atoms with E-state index < -0.39 is 0 Å². The zero-order valence-corrected chi connectivity index (χ0v) is 16.4. The summed E-state index contributed by atoms with van der Waals surface area (Å²) in [5.74, 6) is 0.860. The van der Waals surface area contributed by atoms with Crippen LogP contribution in [0.4, 0.5) is 0 Å². The van der Waals surface area contributed by atoms with Crippen LogP contribution in [-0.2, 0) is 19.5 Å². The summed E-state index contributed by atoms with van der Waals surface area (Å²) in [6.07, 6.45) is 5.09. The van der Waals surface area contributed by atoms with Gasteiger partial charge in [-0.05, 0) is 31.4 Å². The fraction of sp³-hybridized carbons (Fsp3) is 0.526. The number of piperidine rings is 1. The van der Waals surface area contributed by atoms with Crippen molar-refractivity contribution < 1.29 is 0 Å². The van der Waals surface area contributed by atoms with Gasteiger partial charge in [-0.1, -0.05) is 13.0 Å². The fourth-order valence-corrected chi connectivity index (χ4v) is 3.86. The van der Waals surface area contributed by atoms with Gasteiger partial charge in [-0.25, -0.2) is 4.98 Å². The van der Waals surface area contributed by atoms with Crippen LogP contribution in [-0.4, -0.2) is 47.0 Å². The molecule has 1 saturated heterocycles. The highest BCUT2D eigenvalue weighted by atomic mass is 32.1. The molecule has 0 spiro atoms. The summed E-state index contributed by atoms with van der Waals surface area (Å²) >= 11 is 1.72. The largest absolute Gasteiger partial charge is 0.354 e. The average molecular weight is 373 g/mol. The van der Waals surface area contributed by atoms with Crippen molar-refractivity contribution in [2.45, 2.75) is 45.3 Å². The van der Waals surface area contributed by atoms with Gasteiger partial charge in [-0.3, -0.25) is 14.9 Å². The number of aromatic nitrogens is 2. The van der Waals surface area contributed by atoms with Gasteiger partial charge in [0.2, 0.25) is 0 Å². The van der Waals surface area contributed by atoms with E-state index in [4.69, 9.17) is 0 Å². The smallest absolute Gasteiger partial charge is 0.191 e. The van der Waals surface area contributed by atoms with Gasteiger partial charge < -0.3 is 10.6 Å². The second-order valence-electron chi connectivity index (χ2n) is 6.53. The Morgan fingerprint density at radius 1 is 1.31 bits per heavy atom. The van der Waals surface area contributed by atoms with E-state index in [1.54, 1.807) is 11.3 Å². The van der Waals surface area contributed by atoms with Crippen molar-refractivity contribution in [3.8, 4) is 0 Å². The van der Waals surface area contributed by atoms with Crippen LogP contribution in [0.3, 0.4) is 0 Å². The SMILES string of the molecule is CCc1nc(CNC(=NC)NC2CCN(Cc3ccccn3)CC2)cs1. The number of nitrogens with one attached hydrogen (secondary N) is 2. The van der Waals surface area contributed by atoms with Crippen molar-refractivity contribution in [3.05, 3.63) is 46.2 Å². The molecular weight excluding hydrogens is 344 g/mol. The minimum Gasteiger partial charge on any atom is -0.354 e. The molecule has 2 aromatic rings. The van der Waals surface area contributed by atoms with Crippen molar-refractivity contribution in [3.63, 3.8) is 0 Å². The first-order chi connectivity index (χ1) is 12.8. The van der Waals surface area contributed by atoms with E-state index in [1.165, 1.54) is 5.01 Å². The lowest BCUT2D eigenvalue weighted by atomic mass is 10.0. The van der Waals surface area contributed by atoms with E-state index in [0.717, 1.165) is 56.2 Å². The number of pyridine rings is 1. The number of guanidine groups is 1. The van der Waals surface area contributed by atoms with Gasteiger partial charge in [0.05, 0.1) is 22.9 Å². The lowest BCUT2D eigenvalue weighted by molar-refractivity contribution is 0.196. The monoisotopic (exact) mass is 372 g/mol. The molecule has 0 atom stereocenters. The van der Waals surface area contributed by atoms with E-state index in [0.29, 0.717) is 12.6 Å². The Bertz CT molecular complexity index is 691. The number of aryl methyl sites for hydroxylation is 1. The molecule has 1 aliphatic rings. The van der Waals surface area contributed by atoms with E-state index in [2.05, 4.69) is 54.9 Å². The van der Waals surface area contributed by atoms with E-state index >= 15 is 0 Å². The van der Waals surface area contributed by atoms with Crippen molar-refractivity contribution in [1.82, 2.24) is 25.5 Å². The Morgan fingerprint density at radius 3 is 2.81 bits per heavy atom. The molecule has 1 aliphatic heterocycles. The van der Waals surface area contributed by atoms with Crippen LogP contribution in [0.2, 0.25) is 0 Å². The van der Waals surface area contributed by atoms with Crippen molar-refractivity contribution in [2.24, 2.45) is 4.99 Å². The van der Waals surface area contributed by atoms with E-state index in [9.17, 15) is 0 Å². The van der Waals surface area contributed by atoms with Crippen molar-refractivity contribution in [2.75, 3.05) is 20.1 Å². The Balaban J connectivity index is 1.41. The Morgan fingerprint density at radius 2 is 2.15 bits per heavy atom. The summed E-state index contributed by atoms with van der Waals surface area (Å²) in [6.45, 7) is 5.95. The van der Waals surface area contributed by atoms with Crippen LogP contribution >= 0.6 is 11.3 Å². The number of thiazole rings is 1. The average Bonchev–Trinajstić information content (AvgIpc) is 3.15. The number of nitrogens with zero attached hydrogens (tertiary/aromatic N) is 4. The van der Waals surface area contributed by atoms with Gasteiger partial charge >= 0.3 is 0 Å². The normalized spacial score (nSPS) is 16.6. The zero-order chi connectivity index (χ0) is 18.2. The predicted octanol–water partition coefficient (Wildman–Crippen LogP) is 2.43. The number of hydrogen-bond acceptors (Lipinski definition) is 5. The maximum atomic E-state index is 4.59. The molecule has 0 unspecified atom stereocenters. The molecule has 3 rings (SSSR count). The van der Waals surface area contributed by atoms with Crippen LogP contribution in [0, 0.1) is 0 Å². The summed E-state index contributed by atoms with van der Waals surface area (Å²) in [7, 11) is 1.82. The molecule has 140 valence electrons. The topological polar surface area (TPSA) is 65.4 Å². The zero-order valence-electron chi connectivity index (χ0n) is 15.6. The second-order valence-corrected chi connectivity index (χ2v) is 7.47. The third kappa shape index (κ3) is 5.51. The second kappa shape index (κ2) is 9.64. The summed E-state index contributed by atoms with van der Waals surface area (Å²) in [4.78, 5) is 15.8. The van der Waals surface area contributed by atoms with Crippen LogP contribution < -0.4 is 10.6 Å². The fourth-order valence-electron chi connectivity index (χ4n) is 3.11. The molecule has 0 saturated carbocycles. The molecule has 0 radical (unpaired) electrons. The summed E-state index contributed by atoms with van der Waals surface area (Å²) in [5.41, 5.74) is 2.23. The molecule has 0 aliphatic carbocycles. The minimum absolute atomic E-state index is 0.461. The van der Waals surface area contributed by atoms with Gasteiger partial charge in [0, 0.05) is 44.3 Å². The molecular formula is C19H28N6S. The van der Waals surface area contributed by atoms with Crippen molar-refractivity contribution >= 4 is 17.3 Å². The minimum atomic E-state index is 0.461. The molecule has 2 N–H and O–H groups in total. The van der Waals surface area contributed by atoms with Crippen LogP contribution in [0.1, 0.15) is 36.2 Å². The van der Waals surface area contributed by atoms with Crippen molar-refractivity contribution in [1.29, 1.82) is 0 Å². The maximum absolute atomic E-state index is 4.59. The van der Waals surface area contributed by atoms with Crippen LogP contribution in [0.5, 0.6) is 0 Å². The Kier molecular flexibility index (Phi) is 6.96. The van der Waals surface area contributed by atoms with Gasteiger partial charge in [0.1, 0.15) is 0 Å². The summed E-state index contributed by atoms with van der Waals surface area (Å²) in [5, 5.41) is 10.2. The third-order valence-corrected chi connectivity index (χ3v) is 5.64. The van der Waals surface area contributed by atoms with E-state index in [1.807, 2.05) is 19.3 Å². The summed E-state index contributed by atoms with van der Waals surface area (Å²) in [6, 6.07) is 6.58. The first kappa shape index (κ1) is 18.8. The predicted molar refractivity (Wildman–Crippen MR) is 107 cm³/mol.